The van der Waals surface area contributed by atoms with E-state index in [2.05, 4.69) is 5.32 Å². The zero-order valence-electron chi connectivity index (χ0n) is 13.8. The molecule has 0 saturated heterocycles. The van der Waals surface area contributed by atoms with E-state index in [-0.39, 0.29) is 39.9 Å². The number of rotatable bonds is 5. The normalized spacial score (nSPS) is 12.5. The largest absolute Gasteiger partial charge is 0.397 e. The summed E-state index contributed by atoms with van der Waals surface area (Å²) in [6, 6.07) is 9.59. The standard InChI is InChI=1S/C19H18N2O4/c1-25-10-4-9-21-19(24)14-8-7-13-15(16(14)20)18(23)12-6-3-2-5-11(12)17(13)22/h2-3,5-8H,4,9-10,20H2,1H3,(H,21,24). The summed E-state index contributed by atoms with van der Waals surface area (Å²) in [5, 5.41) is 2.73. The molecule has 0 aliphatic heterocycles. The second kappa shape index (κ2) is 6.86. The monoisotopic (exact) mass is 338 g/mol. The molecule has 0 heterocycles. The molecule has 0 fully saturated rings. The quantitative estimate of drug-likeness (QED) is 0.546. The van der Waals surface area contributed by atoms with Crippen LogP contribution in [0.2, 0.25) is 0 Å². The maximum absolute atomic E-state index is 12.8. The van der Waals surface area contributed by atoms with Gasteiger partial charge in [-0.15, -0.1) is 0 Å². The molecule has 0 bridgehead atoms. The minimum Gasteiger partial charge on any atom is -0.397 e. The van der Waals surface area contributed by atoms with Crippen molar-refractivity contribution in [2.45, 2.75) is 6.42 Å². The topological polar surface area (TPSA) is 98.5 Å². The number of amides is 1. The van der Waals surface area contributed by atoms with Crippen LogP contribution in [0.4, 0.5) is 5.69 Å². The lowest BCUT2D eigenvalue weighted by molar-refractivity contribution is 0.0947. The lowest BCUT2D eigenvalue weighted by Gasteiger charge is -2.20. The van der Waals surface area contributed by atoms with Gasteiger partial charge in [0.05, 0.1) is 16.8 Å². The van der Waals surface area contributed by atoms with Crippen LogP contribution in [0, 0.1) is 0 Å². The number of ether oxygens (including phenoxy) is 1. The van der Waals surface area contributed by atoms with Crippen molar-refractivity contribution in [1.82, 2.24) is 5.32 Å². The van der Waals surface area contributed by atoms with Crippen molar-refractivity contribution in [1.29, 1.82) is 0 Å². The van der Waals surface area contributed by atoms with Crippen LogP contribution in [-0.2, 0) is 4.74 Å². The number of hydrogen-bond donors (Lipinski definition) is 2. The van der Waals surface area contributed by atoms with Gasteiger partial charge in [0, 0.05) is 37.0 Å². The molecular formula is C19H18N2O4. The molecule has 0 radical (unpaired) electrons. The fourth-order valence-corrected chi connectivity index (χ4v) is 2.92. The first-order valence-corrected chi connectivity index (χ1v) is 7.94. The summed E-state index contributed by atoms with van der Waals surface area (Å²) in [7, 11) is 1.59. The van der Waals surface area contributed by atoms with Gasteiger partial charge >= 0.3 is 0 Å². The molecule has 128 valence electrons. The molecule has 0 saturated carbocycles. The Kier molecular flexibility index (Phi) is 4.63. The molecule has 25 heavy (non-hydrogen) atoms. The summed E-state index contributed by atoms with van der Waals surface area (Å²) in [5.74, 6) is -0.976. The smallest absolute Gasteiger partial charge is 0.253 e. The molecule has 0 spiro atoms. The first-order valence-electron chi connectivity index (χ1n) is 7.94. The summed E-state index contributed by atoms with van der Waals surface area (Å²) in [4.78, 5) is 37.7. The minimum absolute atomic E-state index is 0.0367. The van der Waals surface area contributed by atoms with Gasteiger partial charge in [-0.25, -0.2) is 0 Å². The van der Waals surface area contributed by atoms with Crippen molar-refractivity contribution in [3.8, 4) is 0 Å². The fourth-order valence-electron chi connectivity index (χ4n) is 2.92. The number of carbonyl (C=O) groups excluding carboxylic acids is 3. The maximum atomic E-state index is 12.8. The highest BCUT2D eigenvalue weighted by Crippen LogP contribution is 2.32. The molecule has 3 rings (SSSR count). The number of benzene rings is 2. The van der Waals surface area contributed by atoms with Crippen LogP contribution in [-0.4, -0.2) is 37.7 Å². The Morgan fingerprint density at radius 3 is 2.40 bits per heavy atom. The Balaban J connectivity index is 1.96. The second-order valence-electron chi connectivity index (χ2n) is 5.76. The number of ketones is 2. The number of nitrogen functional groups attached to an aromatic ring is 1. The van der Waals surface area contributed by atoms with E-state index in [0.29, 0.717) is 30.7 Å². The minimum atomic E-state index is -0.379. The Labute approximate surface area is 145 Å². The third-order valence-electron chi connectivity index (χ3n) is 4.19. The van der Waals surface area contributed by atoms with E-state index in [9.17, 15) is 14.4 Å². The molecule has 0 unspecified atom stereocenters. The van der Waals surface area contributed by atoms with Crippen LogP contribution >= 0.6 is 0 Å². The molecule has 1 aliphatic rings. The fraction of sp³-hybridized carbons (Fsp3) is 0.211. The summed E-state index contributed by atoms with van der Waals surface area (Å²) < 4.78 is 4.93. The van der Waals surface area contributed by atoms with Crippen molar-refractivity contribution in [2.24, 2.45) is 0 Å². The summed E-state index contributed by atoms with van der Waals surface area (Å²) in [5.41, 5.74) is 7.32. The van der Waals surface area contributed by atoms with Gasteiger partial charge in [0.1, 0.15) is 0 Å². The van der Waals surface area contributed by atoms with Crippen LogP contribution < -0.4 is 11.1 Å². The van der Waals surface area contributed by atoms with E-state index in [4.69, 9.17) is 10.5 Å². The van der Waals surface area contributed by atoms with Gasteiger partial charge in [-0.05, 0) is 18.6 Å². The Bertz CT molecular complexity index is 874. The van der Waals surface area contributed by atoms with Crippen molar-refractivity contribution in [3.63, 3.8) is 0 Å². The van der Waals surface area contributed by atoms with Crippen molar-refractivity contribution < 1.29 is 19.1 Å². The number of anilines is 1. The van der Waals surface area contributed by atoms with Gasteiger partial charge in [-0.1, -0.05) is 24.3 Å². The molecule has 2 aromatic carbocycles. The van der Waals surface area contributed by atoms with Crippen molar-refractivity contribution in [3.05, 3.63) is 64.2 Å². The van der Waals surface area contributed by atoms with Gasteiger partial charge in [0.2, 0.25) is 0 Å². The molecule has 0 atom stereocenters. The third kappa shape index (κ3) is 2.92. The van der Waals surface area contributed by atoms with E-state index >= 15 is 0 Å². The average molecular weight is 338 g/mol. The zero-order chi connectivity index (χ0) is 18.0. The van der Waals surface area contributed by atoms with Crippen LogP contribution in [0.5, 0.6) is 0 Å². The van der Waals surface area contributed by atoms with E-state index in [1.807, 2.05) is 0 Å². The number of nitrogens with one attached hydrogen (secondary N) is 1. The van der Waals surface area contributed by atoms with E-state index in [1.165, 1.54) is 12.1 Å². The van der Waals surface area contributed by atoms with Gasteiger partial charge < -0.3 is 15.8 Å². The molecule has 1 amide bonds. The molecule has 6 nitrogen and oxygen atoms in total. The zero-order valence-corrected chi connectivity index (χ0v) is 13.8. The predicted octanol–water partition coefficient (Wildman–Crippen LogP) is 1.81. The number of nitrogens with two attached hydrogens (primary N) is 1. The van der Waals surface area contributed by atoms with Gasteiger partial charge in [-0.2, -0.15) is 0 Å². The Morgan fingerprint density at radius 1 is 1.04 bits per heavy atom. The van der Waals surface area contributed by atoms with Gasteiger partial charge in [0.25, 0.3) is 5.91 Å². The Hall–Kier alpha value is -2.99. The lowest BCUT2D eigenvalue weighted by atomic mass is 9.82. The highest BCUT2D eigenvalue weighted by Gasteiger charge is 2.32. The van der Waals surface area contributed by atoms with Gasteiger partial charge in [-0.3, -0.25) is 14.4 Å². The predicted molar refractivity (Wildman–Crippen MR) is 93.0 cm³/mol. The summed E-state index contributed by atoms with van der Waals surface area (Å²) in [6.45, 7) is 0.961. The summed E-state index contributed by atoms with van der Waals surface area (Å²) >= 11 is 0. The molecule has 3 N–H and O–H groups in total. The number of hydrogen-bond acceptors (Lipinski definition) is 5. The number of carbonyl (C=O) groups is 3. The average Bonchev–Trinajstić information content (AvgIpc) is 2.63. The maximum Gasteiger partial charge on any atom is 0.253 e. The number of fused-ring (bicyclic) bond motifs is 2. The van der Waals surface area contributed by atoms with E-state index < -0.39 is 0 Å². The first kappa shape index (κ1) is 16.9. The second-order valence-corrected chi connectivity index (χ2v) is 5.76. The molecule has 1 aliphatic carbocycles. The van der Waals surface area contributed by atoms with Crippen LogP contribution in [0.15, 0.2) is 36.4 Å². The van der Waals surface area contributed by atoms with Gasteiger partial charge in [0.15, 0.2) is 11.6 Å². The lowest BCUT2D eigenvalue weighted by Crippen LogP contribution is -2.28. The molecule has 0 aromatic heterocycles. The third-order valence-corrected chi connectivity index (χ3v) is 4.19. The van der Waals surface area contributed by atoms with Crippen LogP contribution in [0.25, 0.3) is 0 Å². The molecule has 2 aromatic rings. The van der Waals surface area contributed by atoms with E-state index in [0.717, 1.165) is 0 Å². The molecule has 6 heteroatoms. The molecular weight excluding hydrogens is 320 g/mol. The van der Waals surface area contributed by atoms with Crippen LogP contribution in [0.1, 0.15) is 48.6 Å². The highest BCUT2D eigenvalue weighted by molar-refractivity contribution is 6.30. The first-order chi connectivity index (χ1) is 12.1. The Morgan fingerprint density at radius 2 is 1.72 bits per heavy atom. The number of methoxy groups -OCH3 is 1. The SMILES string of the molecule is COCCCNC(=O)c1ccc2c(c1N)C(=O)c1ccccc1C2=O. The highest BCUT2D eigenvalue weighted by atomic mass is 16.5. The van der Waals surface area contributed by atoms with Crippen molar-refractivity contribution >= 4 is 23.2 Å². The van der Waals surface area contributed by atoms with E-state index in [1.54, 1.807) is 31.4 Å². The summed E-state index contributed by atoms with van der Waals surface area (Å²) in [6.07, 6.45) is 0.665. The van der Waals surface area contributed by atoms with Crippen molar-refractivity contribution in [2.75, 3.05) is 26.0 Å². The van der Waals surface area contributed by atoms with Crippen LogP contribution in [0.3, 0.4) is 0 Å².